The number of fused-ring (bicyclic) bond motifs is 3. The van der Waals surface area contributed by atoms with Crippen LogP contribution in [-0.2, 0) is 19.0 Å². The molecule has 2 aliphatic heterocycles. The summed E-state index contributed by atoms with van der Waals surface area (Å²) in [5.74, 6) is -3.18. The third-order valence-electron chi connectivity index (χ3n) is 7.45. The number of hydrogen-bond donors (Lipinski definition) is 3. The second-order valence-corrected chi connectivity index (χ2v) is 9.61. The number of aliphatic hydroxyl groups is 1. The van der Waals surface area contributed by atoms with E-state index in [1.54, 1.807) is 12.1 Å². The smallest absolute Gasteiger partial charge is 0.455 e. The van der Waals surface area contributed by atoms with Crippen LogP contribution in [0.2, 0.25) is 6.32 Å². The molecule has 0 unspecified atom stereocenters. The molecule has 2 heterocycles. The number of benzene rings is 1. The summed E-state index contributed by atoms with van der Waals surface area (Å²) in [6.07, 6.45) is 3.46. The Bertz CT molecular complexity index is 1100. The first-order valence-corrected chi connectivity index (χ1v) is 12.4. The normalized spacial score (nSPS) is 26.3. The number of imide groups is 3. The molecular weight excluding hydrogens is 465 g/mol. The van der Waals surface area contributed by atoms with Crippen molar-refractivity contribution in [3.05, 3.63) is 46.5 Å². The summed E-state index contributed by atoms with van der Waals surface area (Å²) < 4.78 is 10.5. The van der Waals surface area contributed by atoms with Crippen molar-refractivity contribution in [2.24, 2.45) is 17.8 Å². The molecule has 4 rings (SSSR count). The van der Waals surface area contributed by atoms with Crippen molar-refractivity contribution < 1.29 is 39.0 Å². The van der Waals surface area contributed by atoms with Gasteiger partial charge >= 0.3 is 13.2 Å². The quantitative estimate of drug-likeness (QED) is 0.298. The van der Waals surface area contributed by atoms with Crippen molar-refractivity contribution in [2.45, 2.75) is 51.5 Å². The molecule has 3 amide bonds. The summed E-state index contributed by atoms with van der Waals surface area (Å²) >= 11 is 0. The van der Waals surface area contributed by atoms with Gasteiger partial charge in [0.25, 0.3) is 0 Å². The van der Waals surface area contributed by atoms with Crippen molar-refractivity contribution in [1.29, 1.82) is 0 Å². The second kappa shape index (κ2) is 11.0. The molecule has 4 atom stereocenters. The monoisotopic (exact) mass is 497 g/mol. The summed E-state index contributed by atoms with van der Waals surface area (Å²) in [5, 5.41) is 30.9. The second-order valence-electron chi connectivity index (χ2n) is 9.61. The van der Waals surface area contributed by atoms with Crippen LogP contribution in [0.5, 0.6) is 5.75 Å². The first kappa shape index (κ1) is 26.1. The molecule has 0 spiro atoms. The van der Waals surface area contributed by atoms with Crippen molar-refractivity contribution >= 4 is 31.1 Å². The summed E-state index contributed by atoms with van der Waals surface area (Å²) in [6, 6.07) is 7.09. The molecule has 192 valence electrons. The van der Waals surface area contributed by atoms with Crippen molar-refractivity contribution in [2.75, 3.05) is 13.7 Å². The molecule has 2 fully saturated rings. The topological polar surface area (TPSA) is 134 Å². The maximum absolute atomic E-state index is 13.2. The maximum Gasteiger partial charge on any atom is 0.455 e. The molecule has 1 aliphatic carbocycles. The van der Waals surface area contributed by atoms with E-state index in [-0.39, 0.29) is 25.1 Å². The Morgan fingerprint density at radius 1 is 1.22 bits per heavy atom. The molecule has 10 heteroatoms. The van der Waals surface area contributed by atoms with Crippen LogP contribution >= 0.6 is 0 Å². The van der Waals surface area contributed by atoms with Gasteiger partial charge in [-0.3, -0.25) is 9.59 Å². The Morgan fingerprint density at radius 2 is 1.97 bits per heavy atom. The van der Waals surface area contributed by atoms with E-state index in [0.717, 1.165) is 36.7 Å². The van der Waals surface area contributed by atoms with Crippen LogP contribution in [0.4, 0.5) is 4.79 Å². The van der Waals surface area contributed by atoms with Gasteiger partial charge in [-0.05, 0) is 55.1 Å². The SMILES string of the molecule is CCC/C(=C\c1ccccc1O)CC[C@H]1OB(O)C[C@H]2C1=C(CO)C[C@H]1C(=O)N(C(=O)OC)C(=O)[C@H]12. The molecule has 3 N–H and O–H groups in total. The molecule has 36 heavy (non-hydrogen) atoms. The van der Waals surface area contributed by atoms with Crippen LogP contribution < -0.4 is 0 Å². The van der Waals surface area contributed by atoms with Crippen LogP contribution in [0, 0.1) is 17.8 Å². The number of nitrogens with zero attached hydrogens (tertiary/aromatic N) is 1. The number of aliphatic hydroxyl groups excluding tert-OH is 1. The lowest BCUT2D eigenvalue weighted by molar-refractivity contribution is -0.137. The minimum absolute atomic E-state index is 0.0973. The van der Waals surface area contributed by atoms with Gasteiger partial charge < -0.3 is 24.6 Å². The number of rotatable bonds is 7. The Balaban J connectivity index is 1.62. The van der Waals surface area contributed by atoms with Gasteiger partial charge in [-0.15, -0.1) is 0 Å². The molecule has 9 nitrogen and oxygen atoms in total. The van der Waals surface area contributed by atoms with E-state index >= 15 is 0 Å². The summed E-state index contributed by atoms with van der Waals surface area (Å²) in [5.41, 5.74) is 3.18. The fourth-order valence-corrected chi connectivity index (χ4v) is 5.92. The third kappa shape index (κ3) is 4.85. The Hall–Kier alpha value is -2.95. The zero-order valence-electron chi connectivity index (χ0n) is 20.6. The van der Waals surface area contributed by atoms with E-state index < -0.39 is 48.9 Å². The number of phenols is 1. The van der Waals surface area contributed by atoms with E-state index in [4.69, 9.17) is 4.65 Å². The molecule has 1 aromatic carbocycles. The fourth-order valence-electron chi connectivity index (χ4n) is 5.92. The van der Waals surface area contributed by atoms with Crippen LogP contribution in [0.3, 0.4) is 0 Å². The fraction of sp³-hybridized carbons (Fsp3) is 0.500. The minimum atomic E-state index is -1.14. The number of methoxy groups -OCH3 is 1. The van der Waals surface area contributed by atoms with Crippen molar-refractivity contribution in [1.82, 2.24) is 4.90 Å². The minimum Gasteiger partial charge on any atom is -0.507 e. The number of carbonyl (C=O) groups is 3. The van der Waals surface area contributed by atoms with Gasteiger partial charge in [0.1, 0.15) is 5.75 Å². The lowest BCUT2D eigenvalue weighted by Crippen LogP contribution is -2.46. The van der Waals surface area contributed by atoms with Crippen LogP contribution in [0.1, 0.15) is 44.6 Å². The number of likely N-dealkylation sites (tertiary alicyclic amines) is 1. The molecule has 0 saturated carbocycles. The van der Waals surface area contributed by atoms with Gasteiger partial charge in [0.15, 0.2) is 0 Å². The third-order valence-corrected chi connectivity index (χ3v) is 7.45. The van der Waals surface area contributed by atoms with E-state index in [1.165, 1.54) is 0 Å². The molecule has 0 bridgehead atoms. The molecule has 0 aromatic heterocycles. The zero-order chi connectivity index (χ0) is 26.0. The van der Waals surface area contributed by atoms with Gasteiger partial charge in [0.05, 0.1) is 31.7 Å². The predicted octanol–water partition coefficient (Wildman–Crippen LogP) is 2.91. The number of para-hydroxylation sites is 1. The Kier molecular flexibility index (Phi) is 7.97. The largest absolute Gasteiger partial charge is 0.507 e. The van der Waals surface area contributed by atoms with E-state index in [0.29, 0.717) is 23.3 Å². The summed E-state index contributed by atoms with van der Waals surface area (Å²) in [7, 11) is -0.0345. The number of aromatic hydroxyl groups is 1. The van der Waals surface area contributed by atoms with Gasteiger partial charge in [-0.2, -0.15) is 4.90 Å². The average Bonchev–Trinajstić information content (AvgIpc) is 3.12. The highest BCUT2D eigenvalue weighted by molar-refractivity contribution is 6.43. The van der Waals surface area contributed by atoms with Crippen LogP contribution in [0.25, 0.3) is 6.08 Å². The van der Waals surface area contributed by atoms with E-state index in [2.05, 4.69) is 11.7 Å². The Labute approximate surface area is 210 Å². The average molecular weight is 497 g/mol. The van der Waals surface area contributed by atoms with Crippen molar-refractivity contribution in [3.63, 3.8) is 0 Å². The number of carbonyl (C=O) groups excluding carboxylic acids is 3. The lowest BCUT2D eigenvalue weighted by Gasteiger charge is -2.42. The van der Waals surface area contributed by atoms with Crippen LogP contribution in [0.15, 0.2) is 41.0 Å². The van der Waals surface area contributed by atoms with Gasteiger partial charge in [-0.25, -0.2) is 4.79 Å². The number of ether oxygens (including phenoxy) is 1. The van der Waals surface area contributed by atoms with Gasteiger partial charge in [0.2, 0.25) is 11.8 Å². The number of hydrogen-bond acceptors (Lipinski definition) is 8. The van der Waals surface area contributed by atoms with Crippen molar-refractivity contribution in [3.8, 4) is 5.75 Å². The van der Waals surface area contributed by atoms with E-state index in [9.17, 15) is 29.6 Å². The molecular formula is C26H32BNO8. The zero-order valence-corrected chi connectivity index (χ0v) is 20.6. The predicted molar refractivity (Wildman–Crippen MR) is 131 cm³/mol. The molecule has 0 radical (unpaired) electrons. The molecule has 1 aromatic rings. The van der Waals surface area contributed by atoms with Gasteiger partial charge in [0, 0.05) is 5.56 Å². The van der Waals surface area contributed by atoms with Crippen LogP contribution in [-0.4, -0.2) is 65.0 Å². The summed E-state index contributed by atoms with van der Waals surface area (Å²) in [4.78, 5) is 38.8. The highest BCUT2D eigenvalue weighted by Crippen LogP contribution is 2.50. The first-order valence-electron chi connectivity index (χ1n) is 12.4. The highest BCUT2D eigenvalue weighted by Gasteiger charge is 2.59. The Morgan fingerprint density at radius 3 is 2.64 bits per heavy atom. The summed E-state index contributed by atoms with van der Waals surface area (Å²) in [6.45, 7) is 1.76. The van der Waals surface area contributed by atoms with Gasteiger partial charge in [-0.1, -0.05) is 43.2 Å². The maximum atomic E-state index is 13.2. The number of allylic oxidation sites excluding steroid dienone is 1. The first-order chi connectivity index (χ1) is 17.3. The highest BCUT2D eigenvalue weighted by atomic mass is 16.5. The lowest BCUT2D eigenvalue weighted by atomic mass is 9.58. The standard InChI is InChI=1S/C26H32BNO8/c1-3-6-15(11-16-7-4-5-8-20(16)30)9-10-21-22-17(14-29)12-18-23(19(22)13-27(34)36-21)25(32)28(24(18)31)26(33)35-2/h4-5,7-8,11,18-19,21,23,29-30,34H,3,6,9-10,12-14H2,1-2H3/b15-11+/t18-,19+,21-,23-/m1/s1. The molecule has 2 saturated heterocycles. The molecule has 3 aliphatic rings. The van der Waals surface area contributed by atoms with E-state index in [1.807, 2.05) is 18.2 Å². The number of phenolic OH excluding ortho intramolecular Hbond substituents is 1. The number of amides is 3.